The van der Waals surface area contributed by atoms with E-state index in [9.17, 15) is 9.59 Å². The van der Waals surface area contributed by atoms with Gasteiger partial charge < -0.3 is 9.47 Å². The van der Waals surface area contributed by atoms with Gasteiger partial charge in [0.2, 0.25) is 0 Å². The number of ether oxygens (including phenoxy) is 2. The summed E-state index contributed by atoms with van der Waals surface area (Å²) in [5.74, 6) is 0.852. The molecule has 0 spiro atoms. The summed E-state index contributed by atoms with van der Waals surface area (Å²) in [5, 5.41) is -0.296. The predicted octanol–water partition coefficient (Wildman–Crippen LogP) is 4.08. The van der Waals surface area contributed by atoms with E-state index in [0.717, 1.165) is 26.7 Å². The number of hydrogen-bond donors (Lipinski definition) is 0. The van der Waals surface area contributed by atoms with Gasteiger partial charge in [-0.3, -0.25) is 14.5 Å². The molecule has 0 atom stereocenters. The highest BCUT2D eigenvalue weighted by molar-refractivity contribution is 9.10. The first kappa shape index (κ1) is 17.6. The molecule has 1 aliphatic rings. The number of halogens is 1. The molecular formula is C16H16BrNO4S. The molecule has 122 valence electrons. The average molecular weight is 398 g/mol. The number of hydrogen-bond acceptors (Lipinski definition) is 5. The van der Waals surface area contributed by atoms with E-state index in [1.807, 2.05) is 6.92 Å². The maximum atomic E-state index is 12.2. The molecule has 2 rings (SSSR count). The van der Waals surface area contributed by atoms with Gasteiger partial charge >= 0.3 is 0 Å². The molecule has 1 aromatic rings. The Bertz CT molecular complexity index is 687. The SMILES string of the molecule is C=CCN1C(=O)S/C(=C/c2cc(OC)c(OCC)cc2Br)C1=O. The fourth-order valence-electron chi connectivity index (χ4n) is 2.02. The number of carbonyl (C=O) groups is 2. The van der Waals surface area contributed by atoms with Crippen LogP contribution in [-0.4, -0.2) is 36.3 Å². The summed E-state index contributed by atoms with van der Waals surface area (Å²) in [7, 11) is 1.55. The number of methoxy groups -OCH3 is 1. The summed E-state index contributed by atoms with van der Waals surface area (Å²) in [6.07, 6.45) is 3.19. The average Bonchev–Trinajstić information content (AvgIpc) is 2.78. The van der Waals surface area contributed by atoms with Crippen molar-refractivity contribution < 1.29 is 19.1 Å². The van der Waals surface area contributed by atoms with E-state index in [1.165, 1.54) is 6.08 Å². The molecule has 1 saturated heterocycles. The van der Waals surface area contributed by atoms with E-state index in [4.69, 9.17) is 9.47 Å². The highest BCUT2D eigenvalue weighted by atomic mass is 79.9. The molecule has 1 aromatic carbocycles. The summed E-state index contributed by atoms with van der Waals surface area (Å²) in [6, 6.07) is 3.54. The van der Waals surface area contributed by atoms with Crippen LogP contribution in [0.3, 0.4) is 0 Å². The van der Waals surface area contributed by atoms with Crippen LogP contribution < -0.4 is 9.47 Å². The van der Waals surface area contributed by atoms with Crippen molar-refractivity contribution >= 4 is 44.9 Å². The van der Waals surface area contributed by atoms with Crippen molar-refractivity contribution in [2.45, 2.75) is 6.92 Å². The van der Waals surface area contributed by atoms with Gasteiger partial charge in [0.25, 0.3) is 11.1 Å². The summed E-state index contributed by atoms with van der Waals surface area (Å²) in [5.41, 5.74) is 0.731. The van der Waals surface area contributed by atoms with E-state index in [2.05, 4.69) is 22.5 Å². The first-order chi connectivity index (χ1) is 11.0. The Morgan fingerprint density at radius 2 is 2.09 bits per heavy atom. The lowest BCUT2D eigenvalue weighted by Gasteiger charge is -2.11. The number of imide groups is 1. The van der Waals surface area contributed by atoms with E-state index in [1.54, 1.807) is 25.3 Å². The van der Waals surface area contributed by atoms with Gasteiger partial charge in [0.05, 0.1) is 18.6 Å². The van der Waals surface area contributed by atoms with Crippen molar-refractivity contribution in [3.63, 3.8) is 0 Å². The molecule has 1 aliphatic heterocycles. The Hall–Kier alpha value is -1.73. The molecule has 5 nitrogen and oxygen atoms in total. The van der Waals surface area contributed by atoms with Gasteiger partial charge in [-0.15, -0.1) is 6.58 Å². The molecule has 0 bridgehead atoms. The second-order valence-corrected chi connectivity index (χ2v) is 6.39. The van der Waals surface area contributed by atoms with E-state index in [-0.39, 0.29) is 17.7 Å². The molecule has 0 aromatic heterocycles. The number of benzene rings is 1. The lowest BCUT2D eigenvalue weighted by Crippen LogP contribution is -2.27. The molecule has 0 unspecified atom stereocenters. The minimum atomic E-state index is -0.320. The second kappa shape index (κ2) is 7.70. The quantitative estimate of drug-likeness (QED) is 0.534. The molecule has 0 saturated carbocycles. The summed E-state index contributed by atoms with van der Waals surface area (Å²) in [4.78, 5) is 25.6. The third kappa shape index (κ3) is 3.79. The Balaban J connectivity index is 2.37. The van der Waals surface area contributed by atoms with Gasteiger partial charge in [0, 0.05) is 11.0 Å². The van der Waals surface area contributed by atoms with E-state index in [0.29, 0.717) is 23.0 Å². The van der Waals surface area contributed by atoms with Crippen molar-refractivity contribution in [3.05, 3.63) is 39.7 Å². The van der Waals surface area contributed by atoms with Crippen molar-refractivity contribution in [1.82, 2.24) is 4.90 Å². The van der Waals surface area contributed by atoms with Crippen LogP contribution in [0.4, 0.5) is 4.79 Å². The lowest BCUT2D eigenvalue weighted by atomic mass is 10.2. The first-order valence-corrected chi connectivity index (χ1v) is 8.49. The number of amides is 2. The predicted molar refractivity (Wildman–Crippen MR) is 94.7 cm³/mol. The zero-order chi connectivity index (χ0) is 17.0. The summed E-state index contributed by atoms with van der Waals surface area (Å²) in [6.45, 7) is 6.16. The minimum Gasteiger partial charge on any atom is -0.493 e. The zero-order valence-electron chi connectivity index (χ0n) is 12.8. The Labute approximate surface area is 147 Å². The van der Waals surface area contributed by atoms with Crippen LogP contribution in [0.25, 0.3) is 6.08 Å². The van der Waals surface area contributed by atoms with Crippen molar-refractivity contribution in [1.29, 1.82) is 0 Å². The monoisotopic (exact) mass is 397 g/mol. The van der Waals surface area contributed by atoms with Gasteiger partial charge in [0.15, 0.2) is 11.5 Å². The molecule has 0 aliphatic carbocycles. The lowest BCUT2D eigenvalue weighted by molar-refractivity contribution is -0.122. The van der Waals surface area contributed by atoms with Crippen LogP contribution in [0.5, 0.6) is 11.5 Å². The van der Waals surface area contributed by atoms with Gasteiger partial charge in [-0.1, -0.05) is 22.0 Å². The number of rotatable bonds is 6. The van der Waals surface area contributed by atoms with Crippen LogP contribution in [0.2, 0.25) is 0 Å². The topological polar surface area (TPSA) is 55.8 Å². The standard InChI is InChI=1S/C16H16BrNO4S/c1-4-6-18-15(19)14(23-16(18)20)8-10-7-12(21-3)13(22-5-2)9-11(10)17/h4,7-9H,1,5-6H2,2-3H3/b14-8+. The summed E-state index contributed by atoms with van der Waals surface area (Å²) < 4.78 is 11.6. The molecule has 7 heteroatoms. The molecule has 1 heterocycles. The maximum absolute atomic E-state index is 12.2. The van der Waals surface area contributed by atoms with Gasteiger partial charge in [-0.05, 0) is 42.5 Å². The molecule has 23 heavy (non-hydrogen) atoms. The highest BCUT2D eigenvalue weighted by Crippen LogP contribution is 2.37. The normalized spacial score (nSPS) is 16.1. The van der Waals surface area contributed by atoms with Gasteiger partial charge in [-0.2, -0.15) is 0 Å². The number of thioether (sulfide) groups is 1. The number of nitrogens with zero attached hydrogens (tertiary/aromatic N) is 1. The zero-order valence-corrected chi connectivity index (χ0v) is 15.2. The van der Waals surface area contributed by atoms with Crippen molar-refractivity contribution in [2.24, 2.45) is 0 Å². The molecular weight excluding hydrogens is 382 g/mol. The van der Waals surface area contributed by atoms with Crippen LogP contribution in [-0.2, 0) is 4.79 Å². The van der Waals surface area contributed by atoms with Gasteiger partial charge in [-0.25, -0.2) is 0 Å². The Morgan fingerprint density at radius 3 is 2.70 bits per heavy atom. The van der Waals surface area contributed by atoms with Crippen molar-refractivity contribution in [2.75, 3.05) is 20.3 Å². The Morgan fingerprint density at radius 1 is 1.35 bits per heavy atom. The fourth-order valence-corrected chi connectivity index (χ4v) is 3.29. The molecule has 1 fully saturated rings. The third-order valence-electron chi connectivity index (χ3n) is 3.05. The molecule has 0 N–H and O–H groups in total. The smallest absolute Gasteiger partial charge is 0.293 e. The second-order valence-electron chi connectivity index (χ2n) is 4.54. The van der Waals surface area contributed by atoms with Crippen LogP contribution in [0.1, 0.15) is 12.5 Å². The maximum Gasteiger partial charge on any atom is 0.293 e. The number of carbonyl (C=O) groups excluding carboxylic acids is 2. The van der Waals surface area contributed by atoms with Crippen LogP contribution >= 0.6 is 27.7 Å². The minimum absolute atomic E-state index is 0.204. The largest absolute Gasteiger partial charge is 0.493 e. The Kier molecular flexibility index (Phi) is 5.90. The van der Waals surface area contributed by atoms with E-state index < -0.39 is 0 Å². The van der Waals surface area contributed by atoms with Crippen molar-refractivity contribution in [3.8, 4) is 11.5 Å². The third-order valence-corrected chi connectivity index (χ3v) is 4.65. The van der Waals surface area contributed by atoms with E-state index >= 15 is 0 Å². The fraction of sp³-hybridized carbons (Fsp3) is 0.250. The molecule has 2 amide bonds. The molecule has 0 radical (unpaired) electrons. The highest BCUT2D eigenvalue weighted by Gasteiger charge is 2.34. The van der Waals surface area contributed by atoms with Crippen LogP contribution in [0.15, 0.2) is 34.2 Å². The first-order valence-electron chi connectivity index (χ1n) is 6.88. The van der Waals surface area contributed by atoms with Crippen LogP contribution in [0, 0.1) is 0 Å². The van der Waals surface area contributed by atoms with Gasteiger partial charge in [0.1, 0.15) is 0 Å². The summed E-state index contributed by atoms with van der Waals surface area (Å²) >= 11 is 4.36.